The molecule has 1 fully saturated rings. The number of hydrogen-bond acceptors (Lipinski definition) is 4. The minimum Gasteiger partial charge on any atom is -0.382 e. The zero-order valence-electron chi connectivity index (χ0n) is 11.4. The van der Waals surface area contributed by atoms with Gasteiger partial charge in [0.2, 0.25) is 0 Å². The fourth-order valence-corrected chi connectivity index (χ4v) is 2.34. The quantitative estimate of drug-likeness (QED) is 0.650. The lowest BCUT2D eigenvalue weighted by molar-refractivity contribution is 0.0627. The Balaban J connectivity index is 1.95. The minimum absolute atomic E-state index is 0.356. The van der Waals surface area contributed by atoms with Crippen LogP contribution in [-0.2, 0) is 9.47 Å². The second kappa shape index (κ2) is 8.86. The lowest BCUT2D eigenvalue weighted by Crippen LogP contribution is -2.40. The molecule has 0 amide bonds. The molecular weight excluding hydrogens is 216 g/mol. The summed E-state index contributed by atoms with van der Waals surface area (Å²) in [5, 5.41) is 0. The van der Waals surface area contributed by atoms with Gasteiger partial charge in [-0.15, -0.1) is 0 Å². The van der Waals surface area contributed by atoms with Gasteiger partial charge < -0.3 is 20.1 Å². The maximum atomic E-state index is 5.93. The molecule has 0 radical (unpaired) electrons. The number of hydrogen-bond donors (Lipinski definition) is 1. The molecular formula is C13H28N2O2. The van der Waals surface area contributed by atoms with Gasteiger partial charge in [0.25, 0.3) is 0 Å². The van der Waals surface area contributed by atoms with Crippen molar-refractivity contribution in [2.75, 3.05) is 46.6 Å². The van der Waals surface area contributed by atoms with Gasteiger partial charge in [-0.1, -0.05) is 0 Å². The second-order valence-electron chi connectivity index (χ2n) is 5.00. The smallest absolute Gasteiger partial charge is 0.0700 e. The van der Waals surface area contributed by atoms with E-state index in [-0.39, 0.29) is 0 Å². The Bertz CT molecular complexity index is 180. The van der Waals surface area contributed by atoms with E-state index in [9.17, 15) is 0 Å². The summed E-state index contributed by atoms with van der Waals surface area (Å²) in [5.74, 6) is 0.726. The number of ether oxygens (including phenoxy) is 2. The summed E-state index contributed by atoms with van der Waals surface area (Å²) in [7, 11) is 1.70. The van der Waals surface area contributed by atoms with Crippen LogP contribution in [0.4, 0.5) is 0 Å². The Morgan fingerprint density at radius 3 is 2.53 bits per heavy atom. The first-order valence-corrected chi connectivity index (χ1v) is 6.78. The standard InChI is InChI=1S/C13H28N2O2/c1-12(14)13-4-7-15(8-5-13)6-3-9-17-11-10-16-2/h12-13H,3-11,14H2,1-2H3. The fraction of sp³-hybridized carbons (Fsp3) is 1.00. The maximum absolute atomic E-state index is 5.93. The number of methoxy groups -OCH3 is 1. The number of rotatable bonds is 8. The second-order valence-corrected chi connectivity index (χ2v) is 5.00. The van der Waals surface area contributed by atoms with Crippen LogP contribution in [0.1, 0.15) is 26.2 Å². The lowest BCUT2D eigenvalue weighted by Gasteiger charge is -2.33. The van der Waals surface area contributed by atoms with Crippen LogP contribution in [0.25, 0.3) is 0 Å². The van der Waals surface area contributed by atoms with Crippen molar-refractivity contribution in [1.82, 2.24) is 4.90 Å². The first-order valence-electron chi connectivity index (χ1n) is 6.78. The van der Waals surface area contributed by atoms with Gasteiger partial charge in [0.05, 0.1) is 13.2 Å². The molecule has 1 heterocycles. The minimum atomic E-state index is 0.356. The highest BCUT2D eigenvalue weighted by Gasteiger charge is 2.21. The summed E-state index contributed by atoms with van der Waals surface area (Å²) in [5.41, 5.74) is 5.93. The van der Waals surface area contributed by atoms with Crippen LogP contribution in [0.15, 0.2) is 0 Å². The van der Waals surface area contributed by atoms with Crippen LogP contribution >= 0.6 is 0 Å². The molecule has 0 bridgehead atoms. The summed E-state index contributed by atoms with van der Waals surface area (Å²) in [6, 6.07) is 0.356. The van der Waals surface area contributed by atoms with Crippen LogP contribution in [0, 0.1) is 5.92 Å². The van der Waals surface area contributed by atoms with Gasteiger partial charge in [-0.3, -0.25) is 0 Å². The summed E-state index contributed by atoms with van der Waals surface area (Å²) < 4.78 is 10.4. The van der Waals surface area contributed by atoms with Gasteiger partial charge in [-0.05, 0) is 45.2 Å². The summed E-state index contributed by atoms with van der Waals surface area (Å²) >= 11 is 0. The molecule has 102 valence electrons. The van der Waals surface area contributed by atoms with E-state index in [0.717, 1.165) is 25.5 Å². The topological polar surface area (TPSA) is 47.7 Å². The van der Waals surface area contributed by atoms with Gasteiger partial charge in [0.1, 0.15) is 0 Å². The molecule has 1 atom stereocenters. The summed E-state index contributed by atoms with van der Waals surface area (Å²) in [6.07, 6.45) is 3.62. The zero-order valence-corrected chi connectivity index (χ0v) is 11.4. The molecule has 1 unspecified atom stereocenters. The summed E-state index contributed by atoms with van der Waals surface area (Å²) in [6.45, 7) is 7.93. The number of likely N-dealkylation sites (tertiary alicyclic amines) is 1. The van der Waals surface area contributed by atoms with Gasteiger partial charge in [0, 0.05) is 26.3 Å². The highest BCUT2D eigenvalue weighted by Crippen LogP contribution is 2.19. The predicted octanol–water partition coefficient (Wildman–Crippen LogP) is 1.10. The van der Waals surface area contributed by atoms with E-state index in [2.05, 4.69) is 11.8 Å². The van der Waals surface area contributed by atoms with Crippen molar-refractivity contribution in [2.24, 2.45) is 11.7 Å². The van der Waals surface area contributed by atoms with Crippen LogP contribution in [0.3, 0.4) is 0 Å². The van der Waals surface area contributed by atoms with Crippen LogP contribution in [0.2, 0.25) is 0 Å². The highest BCUT2D eigenvalue weighted by atomic mass is 16.5. The Kier molecular flexibility index (Phi) is 7.77. The van der Waals surface area contributed by atoms with Gasteiger partial charge in [-0.2, -0.15) is 0 Å². The lowest BCUT2D eigenvalue weighted by atomic mass is 9.91. The van der Waals surface area contributed by atoms with Gasteiger partial charge in [-0.25, -0.2) is 0 Å². The molecule has 1 aliphatic rings. The van der Waals surface area contributed by atoms with E-state index in [4.69, 9.17) is 15.2 Å². The Morgan fingerprint density at radius 2 is 1.94 bits per heavy atom. The van der Waals surface area contributed by atoms with Crippen LogP contribution in [-0.4, -0.2) is 57.5 Å². The van der Waals surface area contributed by atoms with Crippen molar-refractivity contribution in [1.29, 1.82) is 0 Å². The van der Waals surface area contributed by atoms with Crippen molar-refractivity contribution in [3.05, 3.63) is 0 Å². The molecule has 4 nitrogen and oxygen atoms in total. The molecule has 0 aromatic heterocycles. The van der Waals surface area contributed by atoms with Crippen molar-refractivity contribution in [3.8, 4) is 0 Å². The third kappa shape index (κ3) is 6.36. The molecule has 0 aromatic rings. The molecule has 4 heteroatoms. The third-order valence-corrected chi connectivity index (χ3v) is 3.57. The van der Waals surface area contributed by atoms with Crippen molar-refractivity contribution in [3.63, 3.8) is 0 Å². The van der Waals surface area contributed by atoms with E-state index in [0.29, 0.717) is 19.3 Å². The molecule has 2 N–H and O–H groups in total. The largest absolute Gasteiger partial charge is 0.382 e. The molecule has 17 heavy (non-hydrogen) atoms. The molecule has 1 rings (SSSR count). The SMILES string of the molecule is COCCOCCCN1CCC(C(C)N)CC1. The fourth-order valence-electron chi connectivity index (χ4n) is 2.34. The number of piperidine rings is 1. The molecule has 0 saturated carbocycles. The van der Waals surface area contributed by atoms with E-state index < -0.39 is 0 Å². The predicted molar refractivity (Wildman–Crippen MR) is 70.1 cm³/mol. The molecule has 1 saturated heterocycles. The van der Waals surface area contributed by atoms with Gasteiger partial charge in [0.15, 0.2) is 0 Å². The molecule has 1 aliphatic heterocycles. The average molecular weight is 244 g/mol. The number of nitrogens with two attached hydrogens (primary N) is 1. The van der Waals surface area contributed by atoms with E-state index >= 15 is 0 Å². The van der Waals surface area contributed by atoms with Crippen LogP contribution < -0.4 is 5.73 Å². The molecule has 0 aromatic carbocycles. The van der Waals surface area contributed by atoms with Crippen molar-refractivity contribution < 1.29 is 9.47 Å². The summed E-state index contributed by atoms with van der Waals surface area (Å²) in [4.78, 5) is 2.53. The van der Waals surface area contributed by atoms with Gasteiger partial charge >= 0.3 is 0 Å². The van der Waals surface area contributed by atoms with Crippen molar-refractivity contribution >= 4 is 0 Å². The Hall–Kier alpha value is -0.160. The molecule has 0 aliphatic carbocycles. The zero-order chi connectivity index (χ0) is 12.5. The van der Waals surface area contributed by atoms with E-state index in [1.165, 1.54) is 25.9 Å². The third-order valence-electron chi connectivity index (χ3n) is 3.57. The first-order chi connectivity index (χ1) is 8.24. The Morgan fingerprint density at radius 1 is 1.24 bits per heavy atom. The number of nitrogens with zero attached hydrogens (tertiary/aromatic N) is 1. The highest BCUT2D eigenvalue weighted by molar-refractivity contribution is 4.77. The maximum Gasteiger partial charge on any atom is 0.0700 e. The van der Waals surface area contributed by atoms with Crippen LogP contribution in [0.5, 0.6) is 0 Å². The first kappa shape index (κ1) is 14.9. The monoisotopic (exact) mass is 244 g/mol. The Labute approximate surface area is 105 Å². The molecule has 0 spiro atoms. The van der Waals surface area contributed by atoms with E-state index in [1.54, 1.807) is 7.11 Å². The van der Waals surface area contributed by atoms with Crippen molar-refractivity contribution in [2.45, 2.75) is 32.2 Å². The van der Waals surface area contributed by atoms with E-state index in [1.807, 2.05) is 0 Å². The average Bonchev–Trinajstić information content (AvgIpc) is 2.34. The normalized spacial score (nSPS) is 20.6.